The monoisotopic (exact) mass is 461 g/mol. The lowest BCUT2D eigenvalue weighted by atomic mass is 10.1. The van der Waals surface area contributed by atoms with Gasteiger partial charge in [0.05, 0.1) is 11.8 Å². The van der Waals surface area contributed by atoms with Gasteiger partial charge in [-0.3, -0.25) is 25.6 Å². The summed E-state index contributed by atoms with van der Waals surface area (Å²) in [7, 11) is 0. The fourth-order valence-electron chi connectivity index (χ4n) is 2.13. The van der Waals surface area contributed by atoms with E-state index in [0.717, 1.165) is 6.08 Å². The minimum absolute atomic E-state index is 0.0236. The fourth-order valence-corrected chi connectivity index (χ4v) is 2.13. The number of halogens is 6. The molecule has 0 spiro atoms. The van der Waals surface area contributed by atoms with E-state index in [-0.39, 0.29) is 17.5 Å². The van der Waals surface area contributed by atoms with Crippen LogP contribution >= 0.6 is 0 Å². The average Bonchev–Trinajstić information content (AvgIpc) is 3.18. The van der Waals surface area contributed by atoms with Crippen molar-refractivity contribution >= 4 is 18.1 Å². The van der Waals surface area contributed by atoms with Crippen molar-refractivity contribution in [2.24, 2.45) is 4.99 Å². The van der Waals surface area contributed by atoms with Gasteiger partial charge in [-0.1, -0.05) is 6.58 Å². The molecule has 172 valence electrons. The molecule has 1 atom stereocenters. The highest BCUT2D eigenvalue weighted by Gasteiger charge is 2.37. The van der Waals surface area contributed by atoms with Crippen molar-refractivity contribution < 1.29 is 31.1 Å². The lowest BCUT2D eigenvalue weighted by Crippen LogP contribution is -2.35. The van der Waals surface area contributed by atoms with Crippen molar-refractivity contribution in [3.63, 3.8) is 0 Å². The molecule has 0 saturated carbocycles. The summed E-state index contributed by atoms with van der Waals surface area (Å²) in [6.07, 6.45) is -2.84. The first-order valence-corrected chi connectivity index (χ1v) is 8.67. The van der Waals surface area contributed by atoms with Gasteiger partial charge >= 0.3 is 12.4 Å². The molecular weight excluding hydrogens is 444 g/mol. The van der Waals surface area contributed by atoms with Crippen LogP contribution in [-0.4, -0.2) is 45.7 Å². The molecule has 0 bridgehead atoms. The van der Waals surface area contributed by atoms with E-state index in [1.807, 2.05) is 0 Å². The molecule has 0 radical (unpaired) electrons. The molecule has 1 aliphatic rings. The number of carbonyl (C=O) groups is 1. The zero-order chi connectivity index (χ0) is 23.9. The number of hydrazine groups is 2. The number of rotatable bonds is 7. The molecule has 8 nitrogen and oxygen atoms in total. The van der Waals surface area contributed by atoms with E-state index in [9.17, 15) is 31.1 Å². The van der Waals surface area contributed by atoms with Crippen LogP contribution in [0.1, 0.15) is 6.92 Å². The van der Waals surface area contributed by atoms with Gasteiger partial charge in [0, 0.05) is 30.2 Å². The van der Waals surface area contributed by atoms with Gasteiger partial charge in [0.2, 0.25) is 0 Å². The summed E-state index contributed by atoms with van der Waals surface area (Å²) in [6.45, 7) is 3.89. The lowest BCUT2D eigenvalue weighted by Gasteiger charge is -2.16. The molecule has 32 heavy (non-hydrogen) atoms. The molecule has 1 aromatic heterocycles. The molecule has 0 aromatic carbocycles. The van der Waals surface area contributed by atoms with Crippen molar-refractivity contribution in [1.29, 1.82) is 0 Å². The van der Waals surface area contributed by atoms with Gasteiger partial charge in [-0.2, -0.15) is 26.3 Å². The van der Waals surface area contributed by atoms with E-state index in [1.54, 1.807) is 0 Å². The van der Waals surface area contributed by atoms with E-state index in [4.69, 9.17) is 0 Å². The summed E-state index contributed by atoms with van der Waals surface area (Å²) in [5, 5.41) is 1.19. The van der Waals surface area contributed by atoms with E-state index in [1.165, 1.54) is 43.1 Å². The summed E-state index contributed by atoms with van der Waals surface area (Å²) in [5.74, 6) is -0.299. The fraction of sp³-hybridized carbons (Fsp3) is 0.222. The summed E-state index contributed by atoms with van der Waals surface area (Å²) < 4.78 is 77.1. The Kier molecular flexibility index (Phi) is 7.75. The van der Waals surface area contributed by atoms with Crippen LogP contribution in [0.25, 0.3) is 0 Å². The Morgan fingerprint density at radius 2 is 1.91 bits per heavy atom. The highest BCUT2D eigenvalue weighted by atomic mass is 19.4. The number of anilines is 1. The van der Waals surface area contributed by atoms with Gasteiger partial charge in [0.1, 0.15) is 12.5 Å². The normalized spacial score (nSPS) is 17.7. The molecule has 1 amide bonds. The zero-order valence-electron chi connectivity index (χ0n) is 16.4. The average molecular weight is 461 g/mol. The predicted molar refractivity (Wildman–Crippen MR) is 103 cm³/mol. The number of allylic oxidation sites excluding steroid dienone is 4. The Bertz CT molecular complexity index is 951. The first-order chi connectivity index (χ1) is 14.9. The van der Waals surface area contributed by atoms with Crippen LogP contribution in [0, 0.1) is 0 Å². The van der Waals surface area contributed by atoms with Gasteiger partial charge in [0.25, 0.3) is 5.91 Å². The molecule has 0 saturated heterocycles. The molecule has 0 aliphatic carbocycles. The number of carbonyl (C=O) groups excluding carboxylic acids is 1. The number of aromatic nitrogens is 2. The number of amides is 1. The third kappa shape index (κ3) is 7.54. The molecule has 2 heterocycles. The van der Waals surface area contributed by atoms with Gasteiger partial charge in [0.15, 0.2) is 5.82 Å². The van der Waals surface area contributed by atoms with Gasteiger partial charge in [-0.25, -0.2) is 15.4 Å². The smallest absolute Gasteiger partial charge is 0.280 e. The summed E-state index contributed by atoms with van der Waals surface area (Å²) in [5.41, 5.74) is 4.28. The molecule has 1 unspecified atom stereocenters. The summed E-state index contributed by atoms with van der Waals surface area (Å²) >= 11 is 0. The maximum Gasteiger partial charge on any atom is 0.416 e. The number of aliphatic imine (C=N–C) groups is 1. The molecule has 3 N–H and O–H groups in total. The van der Waals surface area contributed by atoms with E-state index >= 15 is 0 Å². The number of nitrogens with one attached hydrogen (secondary N) is 3. The minimum atomic E-state index is -5.04. The number of nitrogens with zero attached hydrogens (tertiary/aromatic N) is 4. The van der Waals surface area contributed by atoms with Crippen LogP contribution in [0.5, 0.6) is 0 Å². The van der Waals surface area contributed by atoms with Gasteiger partial charge in [-0.15, -0.1) is 0 Å². The van der Waals surface area contributed by atoms with E-state index in [0.29, 0.717) is 6.08 Å². The van der Waals surface area contributed by atoms with Crippen molar-refractivity contribution in [2.75, 3.05) is 5.43 Å². The van der Waals surface area contributed by atoms with Crippen molar-refractivity contribution in [1.82, 2.24) is 25.8 Å². The maximum absolute atomic E-state index is 13.1. The molecule has 1 aliphatic heterocycles. The maximum atomic E-state index is 13.1. The summed E-state index contributed by atoms with van der Waals surface area (Å²) in [4.78, 5) is 23.4. The molecular formula is C18H17F6N7O. The SMILES string of the molecule is C=C(/C=C(\C=C(/C)C1N=CN(/C=C\C(=O)NNc2cnccn2)N1)C(F)(F)F)C(F)(F)F. The number of hydrogen-bond donors (Lipinski definition) is 3. The molecule has 14 heteroatoms. The number of hydrogen-bond acceptors (Lipinski definition) is 7. The Morgan fingerprint density at radius 3 is 2.50 bits per heavy atom. The van der Waals surface area contributed by atoms with Crippen LogP contribution in [0.3, 0.4) is 0 Å². The largest absolute Gasteiger partial charge is 0.416 e. The Hall–Kier alpha value is -3.68. The third-order valence-electron chi connectivity index (χ3n) is 3.71. The van der Waals surface area contributed by atoms with Gasteiger partial charge in [-0.05, 0) is 24.6 Å². The first kappa shape index (κ1) is 24.6. The zero-order valence-corrected chi connectivity index (χ0v) is 16.4. The molecule has 2 rings (SSSR count). The van der Waals surface area contributed by atoms with Crippen LogP contribution in [-0.2, 0) is 4.79 Å². The highest BCUT2D eigenvalue weighted by Crippen LogP contribution is 2.33. The van der Waals surface area contributed by atoms with E-state index in [2.05, 4.69) is 37.8 Å². The van der Waals surface area contributed by atoms with Crippen LogP contribution in [0.4, 0.5) is 32.2 Å². The van der Waals surface area contributed by atoms with Crippen LogP contribution in [0.15, 0.2) is 71.3 Å². The van der Waals surface area contributed by atoms with Crippen molar-refractivity contribution in [3.05, 3.63) is 66.3 Å². The van der Waals surface area contributed by atoms with Crippen molar-refractivity contribution in [3.8, 4) is 0 Å². The molecule has 1 aromatic rings. The Balaban J connectivity index is 1.99. The second-order valence-corrected chi connectivity index (χ2v) is 6.23. The molecule has 0 fully saturated rings. The predicted octanol–water partition coefficient (Wildman–Crippen LogP) is 3.16. The third-order valence-corrected chi connectivity index (χ3v) is 3.71. The Labute approximate surface area is 178 Å². The second-order valence-electron chi connectivity index (χ2n) is 6.23. The minimum Gasteiger partial charge on any atom is -0.280 e. The van der Waals surface area contributed by atoms with E-state index < -0.39 is 35.6 Å². The van der Waals surface area contributed by atoms with Crippen LogP contribution in [0.2, 0.25) is 0 Å². The summed E-state index contributed by atoms with van der Waals surface area (Å²) in [6, 6.07) is 0. The number of alkyl halides is 6. The topological polar surface area (TPSA) is 94.5 Å². The highest BCUT2D eigenvalue weighted by molar-refractivity contribution is 5.88. The Morgan fingerprint density at radius 1 is 1.19 bits per heavy atom. The standard InChI is InChI=1S/C18H17F6N7O/c1-11(7-13(18(22,23)24)8-12(2)17(19,20)21)16-27-10-31(30-16)6-3-15(32)29-28-14-9-25-4-5-26-14/h3-10,16,30H,2H2,1H3,(H,26,28)(H,29,32)/b6-3-,11-7+,13-8+. The quantitative estimate of drug-likeness (QED) is 0.250. The van der Waals surface area contributed by atoms with Gasteiger partial charge < -0.3 is 0 Å². The first-order valence-electron chi connectivity index (χ1n) is 8.67. The second kappa shape index (κ2) is 10.1. The van der Waals surface area contributed by atoms with Crippen LogP contribution < -0.4 is 16.3 Å². The lowest BCUT2D eigenvalue weighted by molar-refractivity contribution is -0.116. The van der Waals surface area contributed by atoms with Crippen molar-refractivity contribution in [2.45, 2.75) is 25.4 Å².